The Labute approximate surface area is 191 Å². The summed E-state index contributed by atoms with van der Waals surface area (Å²) < 4.78 is 21.6. The van der Waals surface area contributed by atoms with Crippen molar-refractivity contribution in [3.05, 3.63) is 40.6 Å². The Bertz CT molecular complexity index is 1250. The van der Waals surface area contributed by atoms with Crippen LogP contribution in [0.15, 0.2) is 39.5 Å². The van der Waals surface area contributed by atoms with E-state index in [1.54, 1.807) is 0 Å². The first kappa shape index (κ1) is 23.6. The largest absolute Gasteiger partial charge is 0.508 e. The number of aliphatic hydroxyl groups is 4. The maximum atomic E-state index is 13.4. The summed E-state index contributed by atoms with van der Waals surface area (Å²) in [6, 6.07) is 6.45. The van der Waals surface area contributed by atoms with Crippen LogP contribution in [0, 0.1) is 0 Å². The first-order valence-electron chi connectivity index (χ1n) is 10.0. The number of aliphatic hydroxyl groups excluding tert-OH is 4. The van der Waals surface area contributed by atoms with E-state index >= 15 is 0 Å². The molecular weight excluding hydrogens is 456 g/mol. The van der Waals surface area contributed by atoms with Gasteiger partial charge in [0.1, 0.15) is 41.1 Å². The monoisotopic (exact) mass is 478 g/mol. The van der Waals surface area contributed by atoms with E-state index in [9.17, 15) is 40.5 Å². The molecule has 1 saturated heterocycles. The van der Waals surface area contributed by atoms with Crippen LogP contribution in [0.4, 0.5) is 0 Å². The van der Waals surface area contributed by atoms with Crippen molar-refractivity contribution in [3.8, 4) is 40.1 Å². The molecule has 1 fully saturated rings. The lowest BCUT2D eigenvalue weighted by Gasteiger charge is -2.39. The molecule has 0 aliphatic carbocycles. The van der Waals surface area contributed by atoms with E-state index in [4.69, 9.17) is 18.6 Å². The topological polar surface area (TPSA) is 200 Å². The molecule has 0 amide bonds. The van der Waals surface area contributed by atoms with Gasteiger partial charge in [-0.25, -0.2) is 0 Å². The molecule has 12 heteroatoms. The Kier molecular flexibility index (Phi) is 6.25. The summed E-state index contributed by atoms with van der Waals surface area (Å²) in [5.74, 6) is -2.50. The van der Waals surface area contributed by atoms with Crippen molar-refractivity contribution < 1.29 is 54.4 Å². The van der Waals surface area contributed by atoms with Crippen LogP contribution in [0.1, 0.15) is 0 Å². The van der Waals surface area contributed by atoms with E-state index < -0.39 is 71.1 Å². The molecule has 2 aromatic carbocycles. The lowest BCUT2D eigenvalue weighted by Crippen LogP contribution is -2.60. The number of hydrogen-bond donors (Lipinski definition) is 7. The van der Waals surface area contributed by atoms with Crippen LogP contribution < -0.4 is 14.9 Å². The predicted molar refractivity (Wildman–Crippen MR) is 114 cm³/mol. The van der Waals surface area contributed by atoms with E-state index in [2.05, 4.69) is 0 Å². The molecule has 0 radical (unpaired) electrons. The number of phenolic OH excluding ortho intramolecular Hbond substituents is 3. The maximum Gasteiger partial charge on any atom is 0.239 e. The Balaban J connectivity index is 1.93. The van der Waals surface area contributed by atoms with Crippen LogP contribution in [-0.4, -0.2) is 80.2 Å². The van der Waals surface area contributed by atoms with Crippen molar-refractivity contribution in [2.75, 3.05) is 13.7 Å². The van der Waals surface area contributed by atoms with Gasteiger partial charge in [0, 0.05) is 11.6 Å². The smallest absolute Gasteiger partial charge is 0.239 e. The number of fused-ring (bicyclic) bond motifs is 1. The van der Waals surface area contributed by atoms with Gasteiger partial charge in [0.05, 0.1) is 13.7 Å². The summed E-state index contributed by atoms with van der Waals surface area (Å²) in [5, 5.41) is 69.6. The van der Waals surface area contributed by atoms with E-state index in [0.29, 0.717) is 0 Å². The highest BCUT2D eigenvalue weighted by molar-refractivity contribution is 5.91. The van der Waals surface area contributed by atoms with Crippen LogP contribution >= 0.6 is 0 Å². The molecule has 182 valence electrons. The molecule has 2 heterocycles. The number of ether oxygens (including phenoxy) is 3. The van der Waals surface area contributed by atoms with Crippen LogP contribution in [0.2, 0.25) is 0 Å². The lowest BCUT2D eigenvalue weighted by molar-refractivity contribution is -0.277. The fourth-order valence-electron chi connectivity index (χ4n) is 3.68. The van der Waals surface area contributed by atoms with Crippen molar-refractivity contribution in [1.82, 2.24) is 0 Å². The van der Waals surface area contributed by atoms with E-state index in [1.165, 1.54) is 31.4 Å². The molecule has 12 nitrogen and oxygen atoms in total. The van der Waals surface area contributed by atoms with E-state index in [1.807, 2.05) is 0 Å². The minimum atomic E-state index is -1.83. The molecule has 0 saturated carbocycles. The highest BCUT2D eigenvalue weighted by Gasteiger charge is 2.45. The van der Waals surface area contributed by atoms with Crippen molar-refractivity contribution in [2.24, 2.45) is 0 Å². The highest BCUT2D eigenvalue weighted by atomic mass is 16.7. The first-order valence-corrected chi connectivity index (χ1v) is 10.0. The fourth-order valence-corrected chi connectivity index (χ4v) is 3.68. The molecule has 4 rings (SSSR count). The summed E-state index contributed by atoms with van der Waals surface area (Å²) in [6.45, 7) is -0.723. The predicted octanol–water partition coefficient (Wildman–Crippen LogP) is -0.236. The van der Waals surface area contributed by atoms with E-state index in [-0.39, 0.29) is 22.7 Å². The Morgan fingerprint density at radius 3 is 2.26 bits per heavy atom. The molecule has 0 bridgehead atoms. The van der Waals surface area contributed by atoms with Crippen LogP contribution in [0.25, 0.3) is 22.3 Å². The van der Waals surface area contributed by atoms with Crippen LogP contribution in [0.5, 0.6) is 28.7 Å². The second-order valence-electron chi connectivity index (χ2n) is 7.60. The summed E-state index contributed by atoms with van der Waals surface area (Å²) in [6.07, 6.45) is -8.29. The number of methoxy groups -OCH3 is 1. The molecule has 5 atom stereocenters. The maximum absolute atomic E-state index is 13.4. The summed E-state index contributed by atoms with van der Waals surface area (Å²) in [4.78, 5) is 13.4. The number of phenols is 3. The van der Waals surface area contributed by atoms with Gasteiger partial charge in [-0.2, -0.15) is 0 Å². The summed E-state index contributed by atoms with van der Waals surface area (Å²) >= 11 is 0. The molecule has 34 heavy (non-hydrogen) atoms. The SMILES string of the molecule is COc1c(O)cc2oc(-c3ccc(O)cc3)c(O[C@@H]3O[C@H](CO)[C@@H](O)[C@@H](O)[C@H]3O)c(=O)c2c1O. The third kappa shape index (κ3) is 3.87. The number of hydrogen-bond acceptors (Lipinski definition) is 12. The van der Waals surface area contributed by atoms with Gasteiger partial charge in [0.15, 0.2) is 17.3 Å². The van der Waals surface area contributed by atoms with Gasteiger partial charge in [0.25, 0.3) is 0 Å². The number of rotatable bonds is 5. The van der Waals surface area contributed by atoms with Crippen molar-refractivity contribution in [3.63, 3.8) is 0 Å². The standard InChI is InChI=1S/C22H22O12/c1-31-20-10(25)6-11-13(15(20)27)16(28)21(19(32-11)8-2-4-9(24)5-3-8)34-22-18(30)17(29)14(26)12(7-23)33-22/h2-6,12,14,17-18,22-27,29-30H,7H2,1H3/t12-,14-,17-,18-,22+/m1/s1. The zero-order valence-corrected chi connectivity index (χ0v) is 17.7. The molecule has 1 aliphatic rings. The van der Waals surface area contributed by atoms with Gasteiger partial charge in [0.2, 0.25) is 23.2 Å². The average Bonchev–Trinajstić information content (AvgIpc) is 2.81. The summed E-state index contributed by atoms with van der Waals surface area (Å²) in [7, 11) is 1.17. The minimum absolute atomic E-state index is 0.0803. The van der Waals surface area contributed by atoms with Crippen LogP contribution in [0.3, 0.4) is 0 Å². The van der Waals surface area contributed by atoms with E-state index in [0.717, 1.165) is 6.07 Å². The Hall–Kier alpha value is -3.55. The van der Waals surface area contributed by atoms with Gasteiger partial charge in [-0.1, -0.05) is 0 Å². The summed E-state index contributed by atoms with van der Waals surface area (Å²) in [5.41, 5.74) is -0.951. The van der Waals surface area contributed by atoms with Gasteiger partial charge >= 0.3 is 0 Å². The van der Waals surface area contributed by atoms with Gasteiger partial charge in [-0.05, 0) is 24.3 Å². The highest BCUT2D eigenvalue weighted by Crippen LogP contribution is 2.43. The number of aromatic hydroxyl groups is 3. The van der Waals surface area contributed by atoms with Gasteiger partial charge < -0.3 is 54.4 Å². The zero-order chi connectivity index (χ0) is 24.7. The van der Waals surface area contributed by atoms with Gasteiger partial charge in [-0.15, -0.1) is 0 Å². The normalized spacial score (nSPS) is 24.8. The average molecular weight is 478 g/mol. The fraction of sp³-hybridized carbons (Fsp3) is 0.318. The lowest BCUT2D eigenvalue weighted by atomic mass is 9.99. The zero-order valence-electron chi connectivity index (χ0n) is 17.7. The van der Waals surface area contributed by atoms with Crippen molar-refractivity contribution in [2.45, 2.75) is 30.7 Å². The minimum Gasteiger partial charge on any atom is -0.508 e. The molecular formula is C22H22O12. The van der Waals surface area contributed by atoms with Crippen molar-refractivity contribution >= 4 is 11.0 Å². The second-order valence-corrected chi connectivity index (χ2v) is 7.60. The molecule has 3 aromatic rings. The molecule has 1 aromatic heterocycles. The Morgan fingerprint density at radius 2 is 1.65 bits per heavy atom. The Morgan fingerprint density at radius 1 is 0.971 bits per heavy atom. The molecule has 1 aliphatic heterocycles. The molecule has 0 unspecified atom stereocenters. The quantitative estimate of drug-likeness (QED) is 0.254. The first-order chi connectivity index (χ1) is 16.2. The van der Waals surface area contributed by atoms with Gasteiger partial charge in [-0.3, -0.25) is 4.79 Å². The molecule has 0 spiro atoms. The van der Waals surface area contributed by atoms with Crippen molar-refractivity contribution in [1.29, 1.82) is 0 Å². The third-order valence-electron chi connectivity index (χ3n) is 5.47. The third-order valence-corrected chi connectivity index (χ3v) is 5.47. The van der Waals surface area contributed by atoms with Crippen LogP contribution in [-0.2, 0) is 4.74 Å². The second kappa shape index (κ2) is 9.00. The number of benzene rings is 2. The molecule has 7 N–H and O–H groups in total.